The van der Waals surface area contributed by atoms with Crippen molar-refractivity contribution in [2.45, 2.75) is 18.2 Å². The maximum atomic E-state index is 12.8. The Hall–Kier alpha value is -0.865. The molecule has 0 unspecified atom stereocenters. The summed E-state index contributed by atoms with van der Waals surface area (Å²) >= 11 is 0. The van der Waals surface area contributed by atoms with Crippen molar-refractivity contribution >= 4 is 7.12 Å². The van der Waals surface area contributed by atoms with Crippen molar-refractivity contribution in [2.24, 2.45) is 0 Å². The molecule has 1 fully saturated rings. The largest absolute Gasteiger partial charge is 0.455 e. The first-order valence-corrected chi connectivity index (χ1v) is 4.30. The lowest BCUT2D eigenvalue weighted by Crippen LogP contribution is -2.11. The van der Waals surface area contributed by atoms with E-state index in [1.807, 2.05) is 6.07 Å². The summed E-state index contributed by atoms with van der Waals surface area (Å²) in [6, 6.07) is 6.29. The fraction of sp³-hybridized carbons (Fsp3) is 0.333. The van der Waals surface area contributed by atoms with Crippen LogP contribution < -0.4 is 0 Å². The molecule has 2 N–H and O–H groups in total. The quantitative estimate of drug-likeness (QED) is 0.670. The minimum atomic E-state index is -1.27. The molecular formula is C9H10BFO2. The lowest BCUT2D eigenvalue weighted by molar-refractivity contribution is 0.402. The van der Waals surface area contributed by atoms with Crippen LogP contribution in [0.25, 0.3) is 0 Å². The SMILES string of the molecule is OB(O)[C@@H]1C[C@H]1c1cccc(F)c1. The molecule has 0 saturated heterocycles. The molecule has 0 radical (unpaired) electrons. The first-order chi connectivity index (χ1) is 6.18. The summed E-state index contributed by atoms with van der Waals surface area (Å²) < 4.78 is 12.8. The van der Waals surface area contributed by atoms with Gasteiger partial charge in [-0.1, -0.05) is 12.1 Å². The standard InChI is InChI=1S/C9H10BFO2/c11-7-3-1-2-6(4-7)8-5-9(8)10(12)13/h1-4,8-9,12-13H,5H2/t8-,9+/m0/s1. The fourth-order valence-corrected chi connectivity index (χ4v) is 1.66. The van der Waals surface area contributed by atoms with E-state index in [4.69, 9.17) is 10.0 Å². The molecule has 13 heavy (non-hydrogen) atoms. The Labute approximate surface area is 76.2 Å². The Bertz CT molecular complexity index is 316. The van der Waals surface area contributed by atoms with Crippen molar-refractivity contribution in [3.63, 3.8) is 0 Å². The highest BCUT2D eigenvalue weighted by molar-refractivity contribution is 6.44. The second-order valence-electron chi connectivity index (χ2n) is 3.47. The van der Waals surface area contributed by atoms with Crippen LogP contribution >= 0.6 is 0 Å². The predicted molar refractivity (Wildman–Crippen MR) is 47.7 cm³/mol. The molecule has 0 amide bonds. The van der Waals surface area contributed by atoms with E-state index in [0.29, 0.717) is 0 Å². The normalized spacial score (nSPS) is 25.8. The van der Waals surface area contributed by atoms with Gasteiger partial charge in [0, 0.05) is 5.82 Å². The molecule has 1 saturated carbocycles. The van der Waals surface area contributed by atoms with Gasteiger partial charge in [0.1, 0.15) is 5.82 Å². The van der Waals surface area contributed by atoms with Crippen LogP contribution in [0.1, 0.15) is 17.9 Å². The topological polar surface area (TPSA) is 40.5 Å². The smallest absolute Gasteiger partial charge is 0.427 e. The maximum absolute atomic E-state index is 12.8. The van der Waals surface area contributed by atoms with Crippen LogP contribution in [0, 0.1) is 5.82 Å². The molecular weight excluding hydrogens is 170 g/mol. The summed E-state index contributed by atoms with van der Waals surface area (Å²) in [5.41, 5.74) is 0.859. The summed E-state index contributed by atoms with van der Waals surface area (Å²) in [4.78, 5) is 0. The van der Waals surface area contributed by atoms with Gasteiger partial charge in [0.25, 0.3) is 0 Å². The third kappa shape index (κ3) is 1.74. The van der Waals surface area contributed by atoms with Gasteiger partial charge in [0.15, 0.2) is 0 Å². The molecule has 0 bridgehead atoms. The second-order valence-corrected chi connectivity index (χ2v) is 3.47. The zero-order chi connectivity index (χ0) is 9.42. The van der Waals surface area contributed by atoms with E-state index in [-0.39, 0.29) is 17.6 Å². The third-order valence-corrected chi connectivity index (χ3v) is 2.50. The Kier molecular flexibility index (Phi) is 2.10. The van der Waals surface area contributed by atoms with Crippen molar-refractivity contribution < 1.29 is 14.4 Å². The number of rotatable bonds is 2. The predicted octanol–water partition coefficient (Wildman–Crippen LogP) is 1.16. The summed E-state index contributed by atoms with van der Waals surface area (Å²) in [7, 11) is -1.27. The van der Waals surface area contributed by atoms with Crippen LogP contribution in [0.5, 0.6) is 0 Å². The molecule has 1 aromatic carbocycles. The van der Waals surface area contributed by atoms with Crippen LogP contribution in [0.15, 0.2) is 24.3 Å². The number of hydrogen-bond acceptors (Lipinski definition) is 2. The van der Waals surface area contributed by atoms with Gasteiger partial charge in [-0.2, -0.15) is 0 Å². The monoisotopic (exact) mass is 180 g/mol. The van der Waals surface area contributed by atoms with E-state index in [2.05, 4.69) is 0 Å². The van der Waals surface area contributed by atoms with Crippen LogP contribution in [0.2, 0.25) is 5.82 Å². The molecule has 0 aliphatic heterocycles. The Morgan fingerprint density at radius 2 is 2.15 bits per heavy atom. The van der Waals surface area contributed by atoms with Crippen LogP contribution in [0.3, 0.4) is 0 Å². The third-order valence-electron chi connectivity index (χ3n) is 2.50. The average Bonchev–Trinajstić information content (AvgIpc) is 2.82. The summed E-state index contributed by atoms with van der Waals surface area (Å²) in [6.07, 6.45) is 0.737. The summed E-state index contributed by atoms with van der Waals surface area (Å²) in [5, 5.41) is 17.7. The first-order valence-electron chi connectivity index (χ1n) is 4.30. The van der Waals surface area contributed by atoms with E-state index < -0.39 is 7.12 Å². The second kappa shape index (κ2) is 3.12. The molecule has 2 nitrogen and oxygen atoms in total. The van der Waals surface area contributed by atoms with Gasteiger partial charge in [0.2, 0.25) is 0 Å². The summed E-state index contributed by atoms with van der Waals surface area (Å²) in [6.45, 7) is 0. The lowest BCUT2D eigenvalue weighted by Gasteiger charge is -1.99. The van der Waals surface area contributed by atoms with E-state index in [0.717, 1.165) is 12.0 Å². The molecule has 0 spiro atoms. The highest BCUT2D eigenvalue weighted by Crippen LogP contribution is 2.53. The van der Waals surface area contributed by atoms with Gasteiger partial charge in [-0.05, 0) is 30.0 Å². The number of benzene rings is 1. The molecule has 0 aromatic heterocycles. The van der Waals surface area contributed by atoms with Gasteiger partial charge < -0.3 is 10.0 Å². The molecule has 1 aromatic rings. The highest BCUT2D eigenvalue weighted by atomic mass is 19.1. The molecule has 1 aliphatic carbocycles. The van der Waals surface area contributed by atoms with Gasteiger partial charge >= 0.3 is 7.12 Å². The van der Waals surface area contributed by atoms with Crippen molar-refractivity contribution in [1.29, 1.82) is 0 Å². The van der Waals surface area contributed by atoms with E-state index >= 15 is 0 Å². The molecule has 2 atom stereocenters. The lowest BCUT2D eigenvalue weighted by atomic mass is 9.81. The van der Waals surface area contributed by atoms with Gasteiger partial charge in [0.05, 0.1) is 0 Å². The Balaban J connectivity index is 2.12. The Morgan fingerprint density at radius 3 is 2.69 bits per heavy atom. The van der Waals surface area contributed by atoms with Crippen LogP contribution in [0.4, 0.5) is 4.39 Å². The van der Waals surface area contributed by atoms with E-state index in [9.17, 15) is 4.39 Å². The molecule has 2 rings (SSSR count). The van der Waals surface area contributed by atoms with Crippen LogP contribution in [-0.4, -0.2) is 17.2 Å². The van der Waals surface area contributed by atoms with E-state index in [1.165, 1.54) is 12.1 Å². The van der Waals surface area contributed by atoms with E-state index in [1.54, 1.807) is 6.07 Å². The van der Waals surface area contributed by atoms with Gasteiger partial charge in [-0.3, -0.25) is 0 Å². The summed E-state index contributed by atoms with van der Waals surface area (Å²) in [5.74, 6) is -0.256. The average molecular weight is 180 g/mol. The minimum absolute atomic E-state index is 0.109. The van der Waals surface area contributed by atoms with Crippen molar-refractivity contribution in [3.05, 3.63) is 35.6 Å². The number of halogens is 1. The van der Waals surface area contributed by atoms with Crippen molar-refractivity contribution in [2.75, 3.05) is 0 Å². The molecule has 68 valence electrons. The zero-order valence-corrected chi connectivity index (χ0v) is 7.02. The number of hydrogen-bond donors (Lipinski definition) is 2. The van der Waals surface area contributed by atoms with Crippen molar-refractivity contribution in [3.8, 4) is 0 Å². The zero-order valence-electron chi connectivity index (χ0n) is 7.02. The van der Waals surface area contributed by atoms with Gasteiger partial charge in [-0.25, -0.2) is 4.39 Å². The van der Waals surface area contributed by atoms with Crippen LogP contribution in [-0.2, 0) is 0 Å². The Morgan fingerprint density at radius 1 is 1.38 bits per heavy atom. The molecule has 1 aliphatic rings. The van der Waals surface area contributed by atoms with Crippen molar-refractivity contribution in [1.82, 2.24) is 0 Å². The molecule has 0 heterocycles. The molecule has 4 heteroatoms. The fourth-order valence-electron chi connectivity index (χ4n) is 1.66. The first kappa shape index (κ1) is 8.72. The highest BCUT2D eigenvalue weighted by Gasteiger charge is 2.46. The maximum Gasteiger partial charge on any atom is 0.455 e. The van der Waals surface area contributed by atoms with Gasteiger partial charge in [-0.15, -0.1) is 0 Å². The minimum Gasteiger partial charge on any atom is -0.427 e.